The summed E-state index contributed by atoms with van der Waals surface area (Å²) in [5, 5.41) is 1.95. The van der Waals surface area contributed by atoms with Gasteiger partial charge in [0.05, 0.1) is 4.90 Å². The standard InChI is InChI=1S/C14H11NO2S/c16-18(17,15-9-3-4-10-15)14-8-7-12-5-1-2-6-13(12)11-14/h1-11H. The van der Waals surface area contributed by atoms with Crippen LogP contribution in [0.1, 0.15) is 0 Å². The van der Waals surface area contributed by atoms with Crippen LogP contribution in [0.2, 0.25) is 0 Å². The van der Waals surface area contributed by atoms with Crippen molar-refractivity contribution in [1.29, 1.82) is 0 Å². The summed E-state index contributed by atoms with van der Waals surface area (Å²) in [6, 6.07) is 16.2. The minimum absolute atomic E-state index is 0.303. The summed E-state index contributed by atoms with van der Waals surface area (Å²) in [6.45, 7) is 0. The zero-order chi connectivity index (χ0) is 12.6. The molecule has 3 nitrogen and oxygen atoms in total. The van der Waals surface area contributed by atoms with Gasteiger partial charge in [0.25, 0.3) is 10.0 Å². The third-order valence-corrected chi connectivity index (χ3v) is 4.52. The topological polar surface area (TPSA) is 39.1 Å². The van der Waals surface area contributed by atoms with Crippen molar-refractivity contribution in [2.24, 2.45) is 0 Å². The van der Waals surface area contributed by atoms with Crippen LogP contribution in [-0.4, -0.2) is 12.4 Å². The third-order valence-electron chi connectivity index (χ3n) is 2.87. The fourth-order valence-corrected chi connectivity index (χ4v) is 3.15. The maximum Gasteiger partial charge on any atom is 0.267 e. The van der Waals surface area contributed by atoms with E-state index < -0.39 is 10.0 Å². The second kappa shape index (κ2) is 3.99. The maximum atomic E-state index is 12.3. The molecule has 1 heterocycles. The van der Waals surface area contributed by atoms with Gasteiger partial charge >= 0.3 is 0 Å². The van der Waals surface area contributed by atoms with E-state index >= 15 is 0 Å². The highest BCUT2D eigenvalue weighted by atomic mass is 32.2. The molecule has 3 aromatic rings. The molecular formula is C14H11NO2S. The van der Waals surface area contributed by atoms with E-state index in [1.54, 1.807) is 24.3 Å². The molecule has 0 N–H and O–H groups in total. The van der Waals surface area contributed by atoms with Crippen molar-refractivity contribution in [3.63, 3.8) is 0 Å². The lowest BCUT2D eigenvalue weighted by atomic mass is 10.1. The highest BCUT2D eigenvalue weighted by Gasteiger charge is 2.15. The first-order chi connectivity index (χ1) is 8.68. The van der Waals surface area contributed by atoms with Crippen molar-refractivity contribution in [3.8, 4) is 0 Å². The van der Waals surface area contributed by atoms with Gasteiger partial charge in [-0.05, 0) is 35.0 Å². The maximum absolute atomic E-state index is 12.3. The Hall–Kier alpha value is -2.07. The summed E-state index contributed by atoms with van der Waals surface area (Å²) in [5.74, 6) is 0. The van der Waals surface area contributed by atoms with Gasteiger partial charge in [0.1, 0.15) is 0 Å². The SMILES string of the molecule is O=S(=O)(c1ccc2ccccc2c1)n1cccc1. The van der Waals surface area contributed by atoms with Gasteiger partial charge in [-0.15, -0.1) is 0 Å². The molecule has 0 unspecified atom stereocenters. The van der Waals surface area contributed by atoms with E-state index in [1.807, 2.05) is 30.3 Å². The average Bonchev–Trinajstić information content (AvgIpc) is 2.92. The minimum Gasteiger partial charge on any atom is -0.249 e. The van der Waals surface area contributed by atoms with E-state index in [1.165, 1.54) is 16.4 Å². The number of nitrogens with zero attached hydrogens (tertiary/aromatic N) is 1. The van der Waals surface area contributed by atoms with Crippen LogP contribution in [0.3, 0.4) is 0 Å². The predicted octanol–water partition coefficient (Wildman–Crippen LogP) is 2.88. The zero-order valence-corrected chi connectivity index (χ0v) is 10.3. The van der Waals surface area contributed by atoms with Crippen molar-refractivity contribution in [1.82, 2.24) is 3.97 Å². The number of hydrogen-bond donors (Lipinski definition) is 0. The lowest BCUT2D eigenvalue weighted by molar-refractivity contribution is 0.587. The van der Waals surface area contributed by atoms with E-state index in [0.717, 1.165) is 10.8 Å². The van der Waals surface area contributed by atoms with Crippen LogP contribution in [-0.2, 0) is 10.0 Å². The summed E-state index contributed by atoms with van der Waals surface area (Å²) < 4.78 is 25.8. The highest BCUT2D eigenvalue weighted by Crippen LogP contribution is 2.20. The second-order valence-electron chi connectivity index (χ2n) is 4.03. The smallest absolute Gasteiger partial charge is 0.249 e. The van der Waals surface area contributed by atoms with Gasteiger partial charge < -0.3 is 0 Å². The molecule has 90 valence electrons. The second-order valence-corrected chi connectivity index (χ2v) is 5.87. The number of aromatic nitrogens is 1. The van der Waals surface area contributed by atoms with Gasteiger partial charge in [-0.2, -0.15) is 0 Å². The van der Waals surface area contributed by atoms with Crippen molar-refractivity contribution in [2.45, 2.75) is 4.90 Å². The molecule has 0 aliphatic heterocycles. The zero-order valence-electron chi connectivity index (χ0n) is 9.52. The number of hydrogen-bond acceptors (Lipinski definition) is 2. The Morgan fingerprint density at radius 2 is 1.44 bits per heavy atom. The van der Waals surface area contributed by atoms with Crippen LogP contribution in [0, 0.1) is 0 Å². The van der Waals surface area contributed by atoms with Crippen LogP contribution < -0.4 is 0 Å². The normalized spacial score (nSPS) is 11.8. The van der Waals surface area contributed by atoms with Crippen molar-refractivity contribution in [3.05, 3.63) is 67.0 Å². The van der Waals surface area contributed by atoms with Gasteiger partial charge in [-0.3, -0.25) is 0 Å². The molecule has 0 amide bonds. The number of fused-ring (bicyclic) bond motifs is 1. The van der Waals surface area contributed by atoms with Crippen molar-refractivity contribution >= 4 is 20.8 Å². The Morgan fingerprint density at radius 1 is 0.778 bits per heavy atom. The Kier molecular flexibility index (Phi) is 2.45. The molecule has 0 aliphatic rings. The Bertz CT molecular complexity index is 790. The highest BCUT2D eigenvalue weighted by molar-refractivity contribution is 7.90. The van der Waals surface area contributed by atoms with Gasteiger partial charge in [0.2, 0.25) is 0 Å². The number of rotatable bonds is 2. The average molecular weight is 257 g/mol. The molecule has 0 saturated heterocycles. The van der Waals surface area contributed by atoms with Gasteiger partial charge in [0, 0.05) is 12.4 Å². The van der Waals surface area contributed by atoms with Gasteiger partial charge in [0.15, 0.2) is 0 Å². The molecule has 2 aromatic carbocycles. The monoisotopic (exact) mass is 257 g/mol. The first kappa shape index (κ1) is 11.0. The molecule has 0 fully saturated rings. The summed E-state index contributed by atoms with van der Waals surface area (Å²) >= 11 is 0. The molecular weight excluding hydrogens is 246 g/mol. The van der Waals surface area contributed by atoms with Crippen LogP contribution >= 0.6 is 0 Å². The fourth-order valence-electron chi connectivity index (χ4n) is 1.93. The summed E-state index contributed by atoms with van der Waals surface area (Å²) in [6.07, 6.45) is 3.06. The molecule has 0 atom stereocenters. The summed E-state index contributed by atoms with van der Waals surface area (Å²) in [4.78, 5) is 0.303. The van der Waals surface area contributed by atoms with E-state index in [9.17, 15) is 8.42 Å². The van der Waals surface area contributed by atoms with Crippen molar-refractivity contribution < 1.29 is 8.42 Å². The Balaban J connectivity index is 2.21. The van der Waals surface area contributed by atoms with E-state index in [-0.39, 0.29) is 0 Å². The molecule has 4 heteroatoms. The molecule has 1 aromatic heterocycles. The molecule has 0 radical (unpaired) electrons. The lowest BCUT2D eigenvalue weighted by Crippen LogP contribution is -2.10. The third kappa shape index (κ3) is 1.71. The quantitative estimate of drug-likeness (QED) is 0.708. The molecule has 0 spiro atoms. The van der Waals surface area contributed by atoms with Crippen molar-refractivity contribution in [2.75, 3.05) is 0 Å². The molecule has 0 bridgehead atoms. The first-order valence-electron chi connectivity index (χ1n) is 5.55. The van der Waals surface area contributed by atoms with E-state index in [2.05, 4.69) is 0 Å². The Labute approximate surface area is 105 Å². The van der Waals surface area contributed by atoms with Crippen LogP contribution in [0.4, 0.5) is 0 Å². The largest absolute Gasteiger partial charge is 0.267 e. The minimum atomic E-state index is -3.47. The van der Waals surface area contributed by atoms with Crippen LogP contribution in [0.5, 0.6) is 0 Å². The Morgan fingerprint density at radius 3 is 2.17 bits per heavy atom. The van der Waals surface area contributed by atoms with Crippen LogP contribution in [0.15, 0.2) is 71.9 Å². The predicted molar refractivity (Wildman–Crippen MR) is 71.0 cm³/mol. The molecule has 0 saturated carbocycles. The molecule has 0 aliphatic carbocycles. The van der Waals surface area contributed by atoms with Gasteiger partial charge in [-0.25, -0.2) is 12.4 Å². The number of benzene rings is 2. The van der Waals surface area contributed by atoms with Crippen LogP contribution in [0.25, 0.3) is 10.8 Å². The molecule has 3 rings (SSSR count). The summed E-state index contributed by atoms with van der Waals surface area (Å²) in [7, 11) is -3.47. The molecule has 18 heavy (non-hydrogen) atoms. The van der Waals surface area contributed by atoms with Gasteiger partial charge in [-0.1, -0.05) is 30.3 Å². The summed E-state index contributed by atoms with van der Waals surface area (Å²) in [5.41, 5.74) is 0. The van der Waals surface area contributed by atoms with E-state index in [0.29, 0.717) is 4.90 Å². The van der Waals surface area contributed by atoms with E-state index in [4.69, 9.17) is 0 Å². The fraction of sp³-hybridized carbons (Fsp3) is 0. The first-order valence-corrected chi connectivity index (χ1v) is 6.99. The lowest BCUT2D eigenvalue weighted by Gasteiger charge is -2.06.